The van der Waals surface area contributed by atoms with Crippen molar-refractivity contribution in [1.29, 1.82) is 0 Å². The molecule has 0 spiro atoms. The second-order valence-corrected chi connectivity index (χ2v) is 4.68. The van der Waals surface area contributed by atoms with E-state index in [0.717, 1.165) is 32.2 Å². The van der Waals surface area contributed by atoms with Crippen LogP contribution in [0.15, 0.2) is 0 Å². The van der Waals surface area contributed by atoms with E-state index in [2.05, 4.69) is 12.2 Å². The minimum absolute atomic E-state index is 0.00507. The van der Waals surface area contributed by atoms with Gasteiger partial charge < -0.3 is 15.3 Å². The monoisotopic (exact) mass is 228 g/mol. The van der Waals surface area contributed by atoms with Crippen molar-refractivity contribution < 1.29 is 9.90 Å². The van der Waals surface area contributed by atoms with Gasteiger partial charge in [-0.05, 0) is 19.3 Å². The Bertz CT molecular complexity index is 221. The molecule has 1 rings (SSSR count). The molecule has 0 bridgehead atoms. The zero-order valence-electron chi connectivity index (χ0n) is 10.4. The van der Waals surface area contributed by atoms with E-state index in [1.165, 1.54) is 12.8 Å². The Hall–Kier alpha value is -0.770. The highest BCUT2D eigenvalue weighted by Crippen LogP contribution is 2.14. The molecule has 16 heavy (non-hydrogen) atoms. The van der Waals surface area contributed by atoms with Crippen LogP contribution in [0.3, 0.4) is 0 Å². The topological polar surface area (TPSA) is 52.6 Å². The van der Waals surface area contributed by atoms with Crippen LogP contribution >= 0.6 is 0 Å². The van der Waals surface area contributed by atoms with Crippen molar-refractivity contribution in [1.82, 2.24) is 10.2 Å². The van der Waals surface area contributed by atoms with E-state index in [-0.39, 0.29) is 18.2 Å². The molecule has 0 aromatic rings. The van der Waals surface area contributed by atoms with Gasteiger partial charge in [-0.3, -0.25) is 0 Å². The summed E-state index contributed by atoms with van der Waals surface area (Å²) in [5.41, 5.74) is 0. The Balaban J connectivity index is 2.12. The molecule has 0 aromatic heterocycles. The van der Waals surface area contributed by atoms with Crippen molar-refractivity contribution in [3.8, 4) is 0 Å². The molecule has 0 saturated carbocycles. The molecule has 1 fully saturated rings. The number of hydrogen-bond acceptors (Lipinski definition) is 2. The van der Waals surface area contributed by atoms with Gasteiger partial charge in [0.2, 0.25) is 0 Å². The Labute approximate surface area is 98.0 Å². The number of rotatable bonds is 7. The van der Waals surface area contributed by atoms with Gasteiger partial charge in [0.15, 0.2) is 0 Å². The van der Waals surface area contributed by atoms with Crippen LogP contribution in [0, 0.1) is 0 Å². The lowest BCUT2D eigenvalue weighted by molar-refractivity contribution is 0.138. The molecule has 1 heterocycles. The molecule has 1 aliphatic rings. The van der Waals surface area contributed by atoms with E-state index < -0.39 is 0 Å². The van der Waals surface area contributed by atoms with Gasteiger partial charge >= 0.3 is 6.03 Å². The molecular formula is C12H24N2O2. The van der Waals surface area contributed by atoms with Crippen molar-refractivity contribution in [2.45, 2.75) is 57.6 Å². The second kappa shape index (κ2) is 6.74. The highest BCUT2D eigenvalue weighted by Gasteiger charge is 2.26. The first-order valence-electron chi connectivity index (χ1n) is 6.33. The van der Waals surface area contributed by atoms with Gasteiger partial charge in [0.1, 0.15) is 0 Å². The molecule has 94 valence electrons. The lowest BCUT2D eigenvalue weighted by Gasteiger charge is -2.19. The molecule has 4 nitrogen and oxygen atoms in total. The van der Waals surface area contributed by atoms with Crippen molar-refractivity contribution in [2.75, 3.05) is 13.6 Å². The number of amides is 2. The molecule has 1 saturated heterocycles. The maximum Gasteiger partial charge on any atom is 0.317 e. The third kappa shape index (κ3) is 4.00. The summed E-state index contributed by atoms with van der Waals surface area (Å²) in [7, 11) is 1.82. The van der Waals surface area contributed by atoms with Gasteiger partial charge in [0.05, 0.1) is 12.1 Å². The lowest BCUT2D eigenvalue weighted by atomic mass is 10.0. The van der Waals surface area contributed by atoms with Crippen LogP contribution in [-0.2, 0) is 0 Å². The molecule has 0 aliphatic carbocycles. The maximum atomic E-state index is 11.2. The van der Waals surface area contributed by atoms with E-state index in [9.17, 15) is 9.90 Å². The number of urea groups is 1. The van der Waals surface area contributed by atoms with Gasteiger partial charge in [0, 0.05) is 13.6 Å². The predicted molar refractivity (Wildman–Crippen MR) is 64.3 cm³/mol. The highest BCUT2D eigenvalue weighted by atomic mass is 16.3. The third-order valence-corrected chi connectivity index (χ3v) is 3.33. The summed E-state index contributed by atoms with van der Waals surface area (Å²) in [5.74, 6) is 0. The van der Waals surface area contributed by atoms with E-state index in [1.54, 1.807) is 4.90 Å². The fourth-order valence-electron chi connectivity index (χ4n) is 2.09. The molecule has 2 N–H and O–H groups in total. The molecule has 0 radical (unpaired) electrons. The molecule has 2 unspecified atom stereocenters. The third-order valence-electron chi connectivity index (χ3n) is 3.33. The number of hydrogen-bond donors (Lipinski definition) is 2. The first-order valence-corrected chi connectivity index (χ1v) is 6.33. The molecule has 1 aliphatic heterocycles. The minimum Gasteiger partial charge on any atom is -0.393 e. The summed E-state index contributed by atoms with van der Waals surface area (Å²) in [6, 6.07) is 0.263. The number of aliphatic hydroxyl groups is 1. The summed E-state index contributed by atoms with van der Waals surface area (Å²) < 4.78 is 0. The number of aliphatic hydroxyl groups excluding tert-OH is 1. The number of unbranched alkanes of at least 4 members (excludes halogenated alkanes) is 2. The quantitative estimate of drug-likeness (QED) is 0.652. The molecular weight excluding hydrogens is 204 g/mol. The normalized spacial score (nSPS) is 22.3. The van der Waals surface area contributed by atoms with Crippen LogP contribution in [0.5, 0.6) is 0 Å². The van der Waals surface area contributed by atoms with Gasteiger partial charge in [-0.1, -0.05) is 26.2 Å². The zero-order chi connectivity index (χ0) is 12.0. The second-order valence-electron chi connectivity index (χ2n) is 4.68. The number of carbonyl (C=O) groups excluding carboxylic acids is 1. The lowest BCUT2D eigenvalue weighted by Crippen LogP contribution is -2.30. The number of carbonyl (C=O) groups is 1. The molecule has 2 amide bonds. The highest BCUT2D eigenvalue weighted by molar-refractivity contribution is 5.76. The summed E-state index contributed by atoms with van der Waals surface area (Å²) >= 11 is 0. The van der Waals surface area contributed by atoms with Gasteiger partial charge in [-0.25, -0.2) is 4.79 Å². The van der Waals surface area contributed by atoms with Crippen LogP contribution in [0.25, 0.3) is 0 Å². The van der Waals surface area contributed by atoms with Crippen molar-refractivity contribution in [3.05, 3.63) is 0 Å². The Morgan fingerprint density at radius 3 is 2.81 bits per heavy atom. The molecule has 2 atom stereocenters. The minimum atomic E-state index is -0.198. The molecule has 0 aromatic carbocycles. The number of nitrogens with zero attached hydrogens (tertiary/aromatic N) is 1. The van der Waals surface area contributed by atoms with Gasteiger partial charge in [-0.15, -0.1) is 0 Å². The fourth-order valence-corrected chi connectivity index (χ4v) is 2.09. The largest absolute Gasteiger partial charge is 0.393 e. The molecule has 4 heteroatoms. The van der Waals surface area contributed by atoms with Crippen LogP contribution in [0.4, 0.5) is 4.79 Å². The standard InChI is InChI=1S/C12H24N2O2/c1-3-4-5-6-11(15)8-7-10-9-13-12(16)14(10)2/h10-11,15H,3-9H2,1-2H3,(H,13,16). The number of nitrogens with one attached hydrogen (secondary N) is 1. The van der Waals surface area contributed by atoms with E-state index >= 15 is 0 Å². The Morgan fingerprint density at radius 2 is 2.25 bits per heavy atom. The van der Waals surface area contributed by atoms with E-state index in [1.807, 2.05) is 7.05 Å². The first-order chi connectivity index (χ1) is 7.65. The van der Waals surface area contributed by atoms with Crippen LogP contribution in [0.2, 0.25) is 0 Å². The summed E-state index contributed by atoms with van der Waals surface area (Å²) in [5, 5.41) is 12.6. The van der Waals surface area contributed by atoms with Gasteiger partial charge in [0.25, 0.3) is 0 Å². The van der Waals surface area contributed by atoms with E-state index in [0.29, 0.717) is 0 Å². The average Bonchev–Trinajstić information content (AvgIpc) is 2.58. The van der Waals surface area contributed by atoms with Crippen LogP contribution in [0.1, 0.15) is 45.4 Å². The fraction of sp³-hybridized carbons (Fsp3) is 0.917. The Morgan fingerprint density at radius 1 is 1.50 bits per heavy atom. The smallest absolute Gasteiger partial charge is 0.317 e. The SMILES string of the molecule is CCCCCC(O)CCC1CNC(=O)N1C. The summed E-state index contributed by atoms with van der Waals surface area (Å²) in [6.07, 6.45) is 5.88. The zero-order valence-corrected chi connectivity index (χ0v) is 10.4. The summed E-state index contributed by atoms with van der Waals surface area (Å²) in [4.78, 5) is 12.9. The summed E-state index contributed by atoms with van der Waals surface area (Å²) in [6.45, 7) is 2.88. The maximum absolute atomic E-state index is 11.2. The number of likely N-dealkylation sites (N-methyl/N-ethyl adjacent to an activating group) is 1. The van der Waals surface area contributed by atoms with Crippen molar-refractivity contribution in [2.24, 2.45) is 0 Å². The van der Waals surface area contributed by atoms with Gasteiger partial charge in [-0.2, -0.15) is 0 Å². The predicted octanol–water partition coefficient (Wildman–Crippen LogP) is 1.73. The van der Waals surface area contributed by atoms with Crippen molar-refractivity contribution >= 4 is 6.03 Å². The van der Waals surface area contributed by atoms with Crippen molar-refractivity contribution in [3.63, 3.8) is 0 Å². The van der Waals surface area contributed by atoms with E-state index in [4.69, 9.17) is 0 Å². The average molecular weight is 228 g/mol. The van der Waals surface area contributed by atoms with Crippen LogP contribution in [-0.4, -0.2) is 41.8 Å². The Kier molecular flexibility index (Phi) is 5.60. The first kappa shape index (κ1) is 13.3. The van der Waals surface area contributed by atoms with Crippen LogP contribution < -0.4 is 5.32 Å².